The monoisotopic (exact) mass is 528 g/mol. The minimum atomic E-state index is -0.841. The minimum absolute atomic E-state index is 0.0255. The van der Waals surface area contributed by atoms with E-state index < -0.39 is 17.7 Å². The Morgan fingerprint density at radius 2 is 2.00 bits per heavy atom. The second-order valence-corrected chi connectivity index (χ2v) is 9.86. The minimum Gasteiger partial charge on any atom is -0.507 e. The summed E-state index contributed by atoms with van der Waals surface area (Å²) in [4.78, 5) is 32.5. The van der Waals surface area contributed by atoms with Crippen molar-refractivity contribution in [3.8, 4) is 17.2 Å². The average molecular weight is 529 g/mol. The number of fused-ring (bicyclic) bond motifs is 1. The zero-order valence-corrected chi connectivity index (χ0v) is 22.3. The van der Waals surface area contributed by atoms with Gasteiger partial charge in [0.15, 0.2) is 11.5 Å². The van der Waals surface area contributed by atoms with E-state index in [1.165, 1.54) is 4.90 Å². The first-order chi connectivity index (χ1) is 18.9. The summed E-state index contributed by atoms with van der Waals surface area (Å²) >= 11 is 0. The van der Waals surface area contributed by atoms with Gasteiger partial charge in [-0.3, -0.25) is 14.6 Å². The molecular weight excluding hydrogens is 496 g/mol. The normalized spacial score (nSPS) is 19.6. The summed E-state index contributed by atoms with van der Waals surface area (Å²) in [6, 6.07) is 13.5. The molecule has 2 unspecified atom stereocenters. The molecule has 8 heteroatoms. The number of aliphatic hydroxyl groups excluding tert-OH is 1. The maximum atomic E-state index is 13.5. The number of pyridine rings is 1. The van der Waals surface area contributed by atoms with Crippen LogP contribution in [-0.4, -0.2) is 46.5 Å². The first-order valence-electron chi connectivity index (χ1n) is 13.2. The van der Waals surface area contributed by atoms with E-state index >= 15 is 0 Å². The highest BCUT2D eigenvalue weighted by atomic mass is 16.5. The number of unbranched alkanes of at least 4 members (excludes halogenated alkanes) is 1. The van der Waals surface area contributed by atoms with Crippen molar-refractivity contribution in [2.45, 2.75) is 51.8 Å². The highest BCUT2D eigenvalue weighted by molar-refractivity contribution is 6.46. The van der Waals surface area contributed by atoms with E-state index in [-0.39, 0.29) is 24.0 Å². The number of carbonyl (C=O) groups is 2. The molecular formula is C31H32N2O6. The largest absolute Gasteiger partial charge is 0.507 e. The number of ether oxygens (including phenoxy) is 3. The van der Waals surface area contributed by atoms with Gasteiger partial charge in [0, 0.05) is 30.9 Å². The molecule has 39 heavy (non-hydrogen) atoms. The first-order valence-corrected chi connectivity index (χ1v) is 13.2. The van der Waals surface area contributed by atoms with E-state index in [1.807, 2.05) is 25.1 Å². The van der Waals surface area contributed by atoms with Crippen LogP contribution in [0.1, 0.15) is 55.0 Å². The van der Waals surface area contributed by atoms with Gasteiger partial charge >= 0.3 is 0 Å². The van der Waals surface area contributed by atoms with Crippen LogP contribution in [0.25, 0.3) is 5.76 Å². The Hall–Kier alpha value is -4.33. The van der Waals surface area contributed by atoms with Crippen molar-refractivity contribution in [3.05, 3.63) is 88.8 Å². The van der Waals surface area contributed by atoms with Crippen molar-refractivity contribution >= 4 is 17.4 Å². The lowest BCUT2D eigenvalue weighted by atomic mass is 9.94. The third kappa shape index (κ3) is 5.19. The summed E-state index contributed by atoms with van der Waals surface area (Å²) in [6.07, 6.45) is 5.94. The van der Waals surface area contributed by atoms with Gasteiger partial charge in [0.1, 0.15) is 17.6 Å². The Morgan fingerprint density at radius 1 is 1.15 bits per heavy atom. The second kappa shape index (κ2) is 11.2. The molecule has 1 saturated heterocycles. The van der Waals surface area contributed by atoms with Gasteiger partial charge in [-0.1, -0.05) is 25.5 Å². The van der Waals surface area contributed by atoms with E-state index in [0.717, 1.165) is 29.7 Å². The van der Waals surface area contributed by atoms with E-state index in [0.29, 0.717) is 35.7 Å². The SMILES string of the molecule is CCCCOc1ccc(C2/C(=C(\O)c3ccc4c(c3)CC(C)O4)C(=O)C(=O)N2Cc2cccnc2)cc1OC. The standard InChI is InChI=1S/C31H32N2O6/c1-4-5-13-38-25-11-8-21(16-26(25)37-3)28-27(29(34)22-9-10-24-23(15-22)14-19(2)39-24)30(35)31(36)33(28)18-20-7-6-12-32-17-20/h6-12,15-17,19,28,34H,4-5,13-14,18H2,1-3H3/b29-27+. The molecule has 1 aromatic heterocycles. The fraction of sp³-hybridized carbons (Fsp3) is 0.323. The number of hydrogen-bond donors (Lipinski definition) is 1. The number of rotatable bonds is 9. The predicted octanol–water partition coefficient (Wildman–Crippen LogP) is 5.21. The van der Waals surface area contributed by atoms with E-state index in [4.69, 9.17) is 14.2 Å². The molecule has 0 spiro atoms. The molecule has 2 aromatic carbocycles. The molecule has 1 fully saturated rings. The van der Waals surface area contributed by atoms with Gasteiger partial charge in [0.2, 0.25) is 0 Å². The number of hydrogen-bond acceptors (Lipinski definition) is 7. The van der Waals surface area contributed by atoms with Gasteiger partial charge in [-0.05, 0) is 66.4 Å². The van der Waals surface area contributed by atoms with Crippen molar-refractivity contribution in [1.82, 2.24) is 9.88 Å². The van der Waals surface area contributed by atoms with Crippen LogP contribution in [0.2, 0.25) is 0 Å². The van der Waals surface area contributed by atoms with E-state index in [2.05, 4.69) is 11.9 Å². The Balaban J connectivity index is 1.60. The topological polar surface area (TPSA) is 98.2 Å². The lowest BCUT2D eigenvalue weighted by Gasteiger charge is -2.26. The van der Waals surface area contributed by atoms with Crippen LogP contribution in [-0.2, 0) is 22.6 Å². The van der Waals surface area contributed by atoms with Crippen molar-refractivity contribution in [1.29, 1.82) is 0 Å². The predicted molar refractivity (Wildman–Crippen MR) is 146 cm³/mol. The molecule has 202 valence electrons. The van der Waals surface area contributed by atoms with Gasteiger partial charge in [-0.2, -0.15) is 0 Å². The molecule has 0 aliphatic carbocycles. The number of Topliss-reactive ketones (excluding diaryl/α,β-unsaturated/α-hetero) is 1. The molecule has 2 aliphatic heterocycles. The first kappa shape index (κ1) is 26.3. The maximum absolute atomic E-state index is 13.5. The van der Waals surface area contributed by atoms with Crippen molar-refractivity contribution < 1.29 is 28.9 Å². The molecule has 2 atom stereocenters. The van der Waals surface area contributed by atoms with Gasteiger partial charge < -0.3 is 24.2 Å². The maximum Gasteiger partial charge on any atom is 0.295 e. The summed E-state index contributed by atoms with van der Waals surface area (Å²) in [6.45, 7) is 4.76. The Morgan fingerprint density at radius 3 is 2.74 bits per heavy atom. The Labute approximate surface area is 227 Å². The number of benzene rings is 2. The summed E-state index contributed by atoms with van der Waals surface area (Å²) < 4.78 is 17.3. The lowest BCUT2D eigenvalue weighted by molar-refractivity contribution is -0.140. The molecule has 0 bridgehead atoms. The highest BCUT2D eigenvalue weighted by Crippen LogP contribution is 2.43. The highest BCUT2D eigenvalue weighted by Gasteiger charge is 2.46. The molecule has 1 N–H and O–H groups in total. The molecule has 1 amide bonds. The van der Waals surface area contributed by atoms with Crippen molar-refractivity contribution in [3.63, 3.8) is 0 Å². The molecule has 0 radical (unpaired) electrons. The number of methoxy groups -OCH3 is 1. The number of likely N-dealkylation sites (tertiary alicyclic amines) is 1. The van der Waals surface area contributed by atoms with Crippen LogP contribution in [0.5, 0.6) is 17.2 Å². The van der Waals surface area contributed by atoms with Gasteiger partial charge in [-0.25, -0.2) is 0 Å². The van der Waals surface area contributed by atoms with Crippen molar-refractivity contribution in [2.24, 2.45) is 0 Å². The molecule has 0 saturated carbocycles. The van der Waals surface area contributed by atoms with E-state index in [9.17, 15) is 14.7 Å². The summed E-state index contributed by atoms with van der Waals surface area (Å²) in [7, 11) is 1.55. The third-order valence-corrected chi connectivity index (χ3v) is 7.04. The van der Waals surface area contributed by atoms with Crippen molar-refractivity contribution in [2.75, 3.05) is 13.7 Å². The smallest absolute Gasteiger partial charge is 0.295 e. The van der Waals surface area contributed by atoms with E-state index in [1.54, 1.807) is 49.8 Å². The zero-order chi connectivity index (χ0) is 27.5. The Kier molecular flexibility index (Phi) is 7.54. The summed E-state index contributed by atoms with van der Waals surface area (Å²) in [5, 5.41) is 11.5. The number of amides is 1. The van der Waals surface area contributed by atoms with Gasteiger partial charge in [-0.15, -0.1) is 0 Å². The molecule has 3 heterocycles. The van der Waals surface area contributed by atoms with Crippen LogP contribution in [0.4, 0.5) is 0 Å². The average Bonchev–Trinajstić information content (AvgIpc) is 3.44. The van der Waals surface area contributed by atoms with Crippen LogP contribution in [0.3, 0.4) is 0 Å². The third-order valence-electron chi connectivity index (χ3n) is 7.04. The van der Waals surface area contributed by atoms with Crippen LogP contribution < -0.4 is 14.2 Å². The fourth-order valence-corrected chi connectivity index (χ4v) is 5.10. The molecule has 3 aromatic rings. The number of aromatic nitrogens is 1. The molecule has 8 nitrogen and oxygen atoms in total. The summed E-state index contributed by atoms with van der Waals surface area (Å²) in [5.41, 5.74) is 2.82. The zero-order valence-electron chi connectivity index (χ0n) is 22.3. The van der Waals surface area contributed by atoms with Gasteiger partial charge in [0.05, 0.1) is 25.3 Å². The fourth-order valence-electron chi connectivity index (χ4n) is 5.10. The van der Waals surface area contributed by atoms with Gasteiger partial charge in [0.25, 0.3) is 11.7 Å². The Bertz CT molecular complexity index is 1420. The quantitative estimate of drug-likeness (QED) is 0.176. The van der Waals surface area contributed by atoms with Crippen LogP contribution in [0.15, 0.2) is 66.5 Å². The molecule has 5 rings (SSSR count). The molecule has 2 aliphatic rings. The number of aliphatic hydroxyl groups is 1. The number of nitrogens with zero attached hydrogens (tertiary/aromatic N) is 2. The number of ketones is 1. The second-order valence-electron chi connectivity index (χ2n) is 9.86. The summed E-state index contributed by atoms with van der Waals surface area (Å²) in [5.74, 6) is 0.165. The van der Waals surface area contributed by atoms with Crippen LogP contribution in [0, 0.1) is 0 Å². The lowest BCUT2D eigenvalue weighted by Crippen LogP contribution is -2.29. The number of carbonyl (C=O) groups excluding carboxylic acids is 2. The van der Waals surface area contributed by atoms with Crippen LogP contribution >= 0.6 is 0 Å².